The Morgan fingerprint density at radius 2 is 1.82 bits per heavy atom. The Kier molecular flexibility index (Phi) is 5.12. The van der Waals surface area contributed by atoms with Crippen molar-refractivity contribution in [3.8, 4) is 11.5 Å². The number of phenols is 1. The number of halogens is 3. The normalized spacial score (nSPS) is 27.1. The van der Waals surface area contributed by atoms with Crippen LogP contribution in [0.25, 0.3) is 0 Å². The van der Waals surface area contributed by atoms with Crippen LogP contribution in [0.1, 0.15) is 24.1 Å². The summed E-state index contributed by atoms with van der Waals surface area (Å²) in [7, 11) is 1.31. The minimum atomic E-state index is -4.70. The van der Waals surface area contributed by atoms with Crippen LogP contribution in [-0.4, -0.2) is 40.6 Å². The number of methoxy groups -OCH3 is 1. The molecule has 2 amide bonds. The minimum Gasteiger partial charge on any atom is -0.504 e. The number of ether oxygens (including phenoxy) is 1. The number of benzene rings is 2. The Bertz CT molecular complexity index is 1170. The smallest absolute Gasteiger partial charge is 0.416 e. The van der Waals surface area contributed by atoms with Crippen LogP contribution in [0.15, 0.2) is 42.5 Å². The summed E-state index contributed by atoms with van der Waals surface area (Å²) in [6.07, 6.45) is -4.70. The Balaban J connectivity index is 1.84. The summed E-state index contributed by atoms with van der Waals surface area (Å²) in [6.45, 7) is 1.23. The van der Waals surface area contributed by atoms with Gasteiger partial charge >= 0.3 is 12.1 Å². The zero-order chi connectivity index (χ0) is 24.3. The van der Waals surface area contributed by atoms with E-state index in [-0.39, 0.29) is 22.7 Å². The molecule has 33 heavy (non-hydrogen) atoms. The van der Waals surface area contributed by atoms with Crippen LogP contribution in [0.5, 0.6) is 11.5 Å². The SMILES string of the molecule is COc1cccc([C@@H]2N[C@@](C)(C(=O)O)[C@@H]3C(=O)N(c4cccc(C(F)(F)F)c4)C(=O)[C@@H]32)c1O. The number of aliphatic carboxylic acids is 1. The van der Waals surface area contributed by atoms with Crippen molar-refractivity contribution < 1.29 is 42.5 Å². The van der Waals surface area contributed by atoms with E-state index in [1.807, 2.05) is 0 Å². The molecule has 2 aliphatic rings. The van der Waals surface area contributed by atoms with E-state index >= 15 is 0 Å². The van der Waals surface area contributed by atoms with Crippen molar-refractivity contribution >= 4 is 23.5 Å². The fourth-order valence-electron chi connectivity index (χ4n) is 4.63. The van der Waals surface area contributed by atoms with Gasteiger partial charge in [-0.3, -0.25) is 19.7 Å². The number of nitrogens with one attached hydrogen (secondary N) is 1. The summed E-state index contributed by atoms with van der Waals surface area (Å²) in [6, 6.07) is 7.02. The molecule has 0 bridgehead atoms. The second kappa shape index (κ2) is 7.48. The Hall–Kier alpha value is -3.60. The molecular formula is C22H19F3N2O6. The van der Waals surface area contributed by atoms with E-state index in [9.17, 15) is 37.8 Å². The maximum absolute atomic E-state index is 13.4. The molecule has 3 N–H and O–H groups in total. The van der Waals surface area contributed by atoms with Crippen LogP contribution in [-0.2, 0) is 20.6 Å². The number of carboxylic acid groups (broad SMARTS) is 1. The van der Waals surface area contributed by atoms with Crippen LogP contribution < -0.4 is 15.0 Å². The first-order valence-corrected chi connectivity index (χ1v) is 9.84. The first-order chi connectivity index (χ1) is 15.4. The highest BCUT2D eigenvalue weighted by molar-refractivity contribution is 6.24. The molecule has 11 heteroatoms. The standard InChI is InChI=1S/C22H19F3N2O6/c1-21(20(31)32)15-14(16(26-21)12-7-4-8-13(33-2)17(12)28)18(29)27(19(15)30)11-6-3-5-10(9-11)22(23,24)25/h3-9,14-16,26,28H,1-2H3,(H,31,32)/t14-,15-,16-,21+/m0/s1. The van der Waals surface area contributed by atoms with Gasteiger partial charge in [0.2, 0.25) is 11.8 Å². The van der Waals surface area contributed by atoms with Gasteiger partial charge in [0.25, 0.3) is 0 Å². The van der Waals surface area contributed by atoms with E-state index in [1.165, 1.54) is 38.3 Å². The van der Waals surface area contributed by atoms with Crippen LogP contribution in [0, 0.1) is 11.8 Å². The van der Waals surface area contributed by atoms with Gasteiger partial charge in [-0.2, -0.15) is 13.2 Å². The second-order valence-corrected chi connectivity index (χ2v) is 8.09. The van der Waals surface area contributed by atoms with Crippen LogP contribution >= 0.6 is 0 Å². The number of anilines is 1. The molecule has 0 aromatic heterocycles. The van der Waals surface area contributed by atoms with Gasteiger partial charge in [0.15, 0.2) is 11.5 Å². The molecule has 2 aromatic carbocycles. The lowest BCUT2D eigenvalue weighted by molar-refractivity contribution is -0.147. The third-order valence-electron chi connectivity index (χ3n) is 6.25. The highest BCUT2D eigenvalue weighted by Gasteiger charge is 2.67. The first-order valence-electron chi connectivity index (χ1n) is 9.84. The fourth-order valence-corrected chi connectivity index (χ4v) is 4.63. The predicted molar refractivity (Wildman–Crippen MR) is 107 cm³/mol. The molecule has 2 saturated heterocycles. The van der Waals surface area contributed by atoms with Gasteiger partial charge in [-0.05, 0) is 31.2 Å². The Morgan fingerprint density at radius 1 is 1.15 bits per heavy atom. The van der Waals surface area contributed by atoms with E-state index in [1.54, 1.807) is 0 Å². The molecule has 0 saturated carbocycles. The number of fused-ring (bicyclic) bond motifs is 1. The predicted octanol–water partition coefficient (Wildman–Crippen LogP) is 2.71. The first kappa shape index (κ1) is 22.6. The summed E-state index contributed by atoms with van der Waals surface area (Å²) >= 11 is 0. The van der Waals surface area contributed by atoms with Crippen LogP contribution in [0.4, 0.5) is 18.9 Å². The lowest BCUT2D eigenvalue weighted by atomic mass is 9.80. The number of imide groups is 1. The molecule has 0 unspecified atom stereocenters. The lowest BCUT2D eigenvalue weighted by Gasteiger charge is -2.27. The number of alkyl halides is 3. The summed E-state index contributed by atoms with van der Waals surface area (Å²) < 4.78 is 44.7. The number of carbonyl (C=O) groups excluding carboxylic acids is 2. The number of phenolic OH excluding ortho intramolecular Hbond substituents is 1. The zero-order valence-electron chi connectivity index (χ0n) is 17.4. The van der Waals surface area contributed by atoms with Crippen LogP contribution in [0.2, 0.25) is 0 Å². The molecule has 0 radical (unpaired) electrons. The van der Waals surface area contributed by atoms with Crippen molar-refractivity contribution in [2.24, 2.45) is 11.8 Å². The van der Waals surface area contributed by atoms with Gasteiger partial charge in [-0.1, -0.05) is 18.2 Å². The van der Waals surface area contributed by atoms with Gasteiger partial charge in [0, 0.05) is 11.6 Å². The molecule has 2 heterocycles. The monoisotopic (exact) mass is 464 g/mol. The van der Waals surface area contributed by atoms with E-state index < -0.39 is 52.9 Å². The van der Waals surface area contributed by atoms with Crippen molar-refractivity contribution in [2.75, 3.05) is 12.0 Å². The van der Waals surface area contributed by atoms with E-state index in [0.717, 1.165) is 12.1 Å². The largest absolute Gasteiger partial charge is 0.504 e. The minimum absolute atomic E-state index is 0.0706. The molecule has 0 aliphatic carbocycles. The maximum Gasteiger partial charge on any atom is 0.416 e. The highest BCUT2D eigenvalue weighted by atomic mass is 19.4. The summed E-state index contributed by atoms with van der Waals surface area (Å²) in [5, 5.41) is 23.3. The number of rotatable bonds is 4. The van der Waals surface area contributed by atoms with Crippen molar-refractivity contribution in [3.05, 3.63) is 53.6 Å². The second-order valence-electron chi connectivity index (χ2n) is 8.09. The topological polar surface area (TPSA) is 116 Å². The third kappa shape index (κ3) is 3.30. The highest BCUT2D eigenvalue weighted by Crippen LogP contribution is 2.52. The number of para-hydroxylation sites is 1. The van der Waals surface area contributed by atoms with Crippen molar-refractivity contribution in [1.29, 1.82) is 0 Å². The molecule has 2 aliphatic heterocycles. The number of hydrogen-bond acceptors (Lipinski definition) is 6. The number of carboxylic acids is 1. The summed E-state index contributed by atoms with van der Waals surface area (Å²) in [4.78, 5) is 39.4. The number of aromatic hydroxyl groups is 1. The quantitative estimate of drug-likeness (QED) is 0.596. The molecule has 4 rings (SSSR count). The summed E-state index contributed by atoms with van der Waals surface area (Å²) in [5.41, 5.74) is -3.16. The maximum atomic E-state index is 13.4. The number of amides is 2. The average Bonchev–Trinajstić information content (AvgIpc) is 3.21. The Morgan fingerprint density at radius 3 is 2.42 bits per heavy atom. The van der Waals surface area contributed by atoms with Crippen LogP contribution in [0.3, 0.4) is 0 Å². The molecule has 8 nitrogen and oxygen atoms in total. The lowest BCUT2D eigenvalue weighted by Crippen LogP contribution is -2.53. The third-order valence-corrected chi connectivity index (χ3v) is 6.25. The van der Waals surface area contributed by atoms with Gasteiger partial charge in [0.1, 0.15) is 5.54 Å². The Labute approximate surface area is 185 Å². The fraction of sp³-hybridized carbons (Fsp3) is 0.318. The van der Waals surface area contributed by atoms with Gasteiger partial charge in [0.05, 0.1) is 30.2 Å². The van der Waals surface area contributed by atoms with Crippen molar-refractivity contribution in [1.82, 2.24) is 5.32 Å². The van der Waals surface area contributed by atoms with Gasteiger partial charge in [-0.25, -0.2) is 4.90 Å². The average molecular weight is 464 g/mol. The van der Waals surface area contributed by atoms with Crippen molar-refractivity contribution in [3.63, 3.8) is 0 Å². The number of hydrogen-bond donors (Lipinski definition) is 3. The molecular weight excluding hydrogens is 445 g/mol. The van der Waals surface area contributed by atoms with E-state index in [0.29, 0.717) is 11.0 Å². The van der Waals surface area contributed by atoms with Gasteiger partial charge in [-0.15, -0.1) is 0 Å². The van der Waals surface area contributed by atoms with E-state index in [2.05, 4.69) is 5.32 Å². The molecule has 2 fully saturated rings. The number of nitrogens with zero attached hydrogens (tertiary/aromatic N) is 1. The zero-order valence-corrected chi connectivity index (χ0v) is 17.4. The van der Waals surface area contributed by atoms with Gasteiger partial charge < -0.3 is 14.9 Å². The molecule has 0 spiro atoms. The summed E-state index contributed by atoms with van der Waals surface area (Å²) in [5.74, 6) is -6.21. The van der Waals surface area contributed by atoms with Crippen molar-refractivity contribution in [2.45, 2.75) is 24.7 Å². The molecule has 4 atom stereocenters. The van der Waals surface area contributed by atoms with E-state index in [4.69, 9.17) is 4.74 Å². The molecule has 174 valence electrons. The number of carbonyl (C=O) groups is 3. The molecule has 2 aromatic rings.